The lowest BCUT2D eigenvalue weighted by molar-refractivity contribution is -0.113. The molecule has 0 aliphatic rings. The summed E-state index contributed by atoms with van der Waals surface area (Å²) in [5, 5.41) is 2.69. The maximum Gasteiger partial charge on any atom is 0.248 e. The number of hydrogen-bond acceptors (Lipinski definition) is 4. The number of rotatable bonds is 7. The second-order valence-electron chi connectivity index (χ2n) is 5.98. The van der Waals surface area contributed by atoms with Crippen LogP contribution in [0.3, 0.4) is 0 Å². The number of anilines is 2. The number of carbonyl (C=O) groups excluding carboxylic acids is 4. The van der Waals surface area contributed by atoms with Crippen molar-refractivity contribution in [3.63, 3.8) is 0 Å². The maximum atomic E-state index is 14.5. The van der Waals surface area contributed by atoms with E-state index in [9.17, 15) is 54.3 Å². The first-order valence-electron chi connectivity index (χ1n) is 8.55. The van der Waals surface area contributed by atoms with Gasteiger partial charge in [-0.15, -0.1) is 0 Å². The molecule has 2 rings (SSSR count). The highest BCUT2D eigenvalue weighted by Gasteiger charge is 2.34. The Hall–Kier alpha value is -4.36. The zero-order chi connectivity index (χ0) is 25.7. The molecule has 0 saturated heterocycles. The predicted molar refractivity (Wildman–Crippen MR) is 99.2 cm³/mol. The van der Waals surface area contributed by atoms with Crippen LogP contribution in [-0.2, 0) is 19.2 Å². The van der Waals surface area contributed by atoms with Crippen molar-refractivity contribution in [2.24, 2.45) is 0 Å². The summed E-state index contributed by atoms with van der Waals surface area (Å²) in [4.78, 5) is 43.2. The van der Waals surface area contributed by atoms with Crippen molar-refractivity contribution in [3.05, 3.63) is 70.8 Å². The van der Waals surface area contributed by atoms with Crippen molar-refractivity contribution in [1.29, 1.82) is 0 Å². The number of nitrogens with one attached hydrogen (secondary N) is 2. The van der Waals surface area contributed by atoms with Gasteiger partial charge in [0.1, 0.15) is 23.9 Å². The zero-order valence-corrected chi connectivity index (χ0v) is 16.1. The topological polar surface area (TPSA) is 92.3 Å². The molecule has 2 amide bonds. The minimum Gasteiger partial charge on any atom is -0.317 e. The van der Waals surface area contributed by atoms with E-state index in [0.717, 1.165) is 0 Å². The van der Waals surface area contributed by atoms with Crippen molar-refractivity contribution >= 4 is 35.8 Å². The molecule has 2 N–H and O–H groups in total. The molecule has 0 saturated carbocycles. The second-order valence-corrected chi connectivity index (χ2v) is 5.98. The molecule has 14 heteroatoms. The van der Waals surface area contributed by atoms with Gasteiger partial charge in [0, 0.05) is 12.2 Å². The number of halogens is 8. The third kappa shape index (κ3) is 4.84. The minimum absolute atomic E-state index is 0.0792. The molecule has 0 radical (unpaired) electrons. The van der Waals surface area contributed by atoms with Crippen molar-refractivity contribution in [2.75, 3.05) is 10.6 Å². The lowest BCUT2D eigenvalue weighted by Crippen LogP contribution is -2.16. The van der Waals surface area contributed by atoms with Crippen LogP contribution in [0.1, 0.15) is 0 Å². The Kier molecular flexibility index (Phi) is 8.00. The molecule has 0 aliphatic carbocycles. The van der Waals surface area contributed by atoms with Crippen LogP contribution in [0.2, 0.25) is 0 Å². The van der Waals surface area contributed by atoms with Crippen LogP contribution in [-0.4, -0.2) is 24.4 Å². The molecule has 2 aromatic carbocycles. The van der Waals surface area contributed by atoms with Gasteiger partial charge in [-0.2, -0.15) is 0 Å². The summed E-state index contributed by atoms with van der Waals surface area (Å²) in [6, 6.07) is 0. The normalized spacial score (nSPS) is 11.2. The zero-order valence-electron chi connectivity index (χ0n) is 16.1. The van der Waals surface area contributed by atoms with Gasteiger partial charge in [-0.3, -0.25) is 19.2 Å². The van der Waals surface area contributed by atoms with Crippen molar-refractivity contribution in [2.45, 2.75) is 0 Å². The molecule has 0 unspecified atom stereocenters. The predicted octanol–water partition coefficient (Wildman–Crippen LogP) is 3.85. The van der Waals surface area contributed by atoms with Crippen LogP contribution in [0, 0.1) is 46.5 Å². The van der Waals surface area contributed by atoms with Gasteiger partial charge in [0.25, 0.3) is 0 Å². The highest BCUT2D eigenvalue weighted by Crippen LogP contribution is 2.40. The summed E-state index contributed by atoms with van der Waals surface area (Å²) in [6.07, 6.45) is 2.09. The molecule has 178 valence electrons. The van der Waals surface area contributed by atoms with Gasteiger partial charge in [-0.25, -0.2) is 35.1 Å². The van der Waals surface area contributed by atoms with Gasteiger partial charge in [0.05, 0.1) is 11.1 Å². The average molecular weight is 492 g/mol. The fraction of sp³-hybridized carbons (Fsp3) is 0. The van der Waals surface area contributed by atoms with Crippen LogP contribution in [0.5, 0.6) is 0 Å². The Morgan fingerprint density at radius 1 is 0.500 bits per heavy atom. The van der Waals surface area contributed by atoms with Crippen LogP contribution in [0.4, 0.5) is 46.5 Å². The molecule has 34 heavy (non-hydrogen) atoms. The van der Waals surface area contributed by atoms with Gasteiger partial charge in [0.2, 0.25) is 11.8 Å². The van der Waals surface area contributed by atoms with E-state index < -0.39 is 80.9 Å². The summed E-state index contributed by atoms with van der Waals surface area (Å²) in [5.74, 6) is -22.7. The average Bonchev–Trinajstić information content (AvgIpc) is 2.81. The van der Waals surface area contributed by atoms with Crippen LogP contribution < -0.4 is 10.6 Å². The SMILES string of the molecule is O=CC=CC(=O)Nc1c(F)c(F)c(-c2c(F)c(F)c(NC(=O)C=CC=O)c(F)c2F)c(F)c1F. The molecule has 0 bridgehead atoms. The lowest BCUT2D eigenvalue weighted by Gasteiger charge is -2.16. The van der Waals surface area contributed by atoms with E-state index in [-0.39, 0.29) is 12.6 Å². The quantitative estimate of drug-likeness (QED) is 0.266. The first kappa shape index (κ1) is 25.9. The number of hydrogen-bond donors (Lipinski definition) is 2. The smallest absolute Gasteiger partial charge is 0.248 e. The molecule has 0 heterocycles. The fourth-order valence-corrected chi connectivity index (χ4v) is 2.50. The van der Waals surface area contributed by atoms with Crippen LogP contribution in [0.15, 0.2) is 24.3 Å². The number of aldehydes is 2. The first-order valence-corrected chi connectivity index (χ1v) is 8.55. The second kappa shape index (κ2) is 10.5. The van der Waals surface area contributed by atoms with E-state index in [1.165, 1.54) is 10.6 Å². The van der Waals surface area contributed by atoms with Crippen molar-refractivity contribution in [1.82, 2.24) is 0 Å². The Bertz CT molecular complexity index is 1120. The summed E-state index contributed by atoms with van der Waals surface area (Å²) < 4.78 is 115. The van der Waals surface area contributed by atoms with Gasteiger partial charge < -0.3 is 10.6 Å². The van der Waals surface area contributed by atoms with Gasteiger partial charge in [-0.1, -0.05) is 0 Å². The number of carbonyl (C=O) groups is 4. The molecule has 0 fully saturated rings. The fourth-order valence-electron chi connectivity index (χ4n) is 2.50. The summed E-state index contributed by atoms with van der Waals surface area (Å²) in [6.45, 7) is 0. The van der Waals surface area contributed by atoms with E-state index in [2.05, 4.69) is 0 Å². The molecule has 6 nitrogen and oxygen atoms in total. The summed E-state index contributed by atoms with van der Waals surface area (Å²) >= 11 is 0. The van der Waals surface area contributed by atoms with E-state index in [1.54, 1.807) is 0 Å². The summed E-state index contributed by atoms with van der Waals surface area (Å²) in [5.41, 5.74) is -7.95. The third-order valence-electron chi connectivity index (χ3n) is 3.93. The molecular weight excluding hydrogens is 484 g/mol. The van der Waals surface area contributed by atoms with E-state index in [1.807, 2.05) is 0 Å². The molecular formula is C20H8F8N2O4. The van der Waals surface area contributed by atoms with Gasteiger partial charge >= 0.3 is 0 Å². The Labute approximate surface area is 183 Å². The standard InChI is InChI=1S/C20H8F8N2O4/c21-11-9(12(22)16(26)19(15(11)25)29-7(33)3-1-5-31)10-13(23)17(27)20(18(28)14(10)24)30-8(34)4-2-6-32/h1-6H,(H,29,33)(H,30,34). The Morgan fingerprint density at radius 3 is 1.00 bits per heavy atom. The number of benzene rings is 2. The Morgan fingerprint density at radius 2 is 0.765 bits per heavy atom. The minimum atomic E-state index is -2.55. The third-order valence-corrected chi connectivity index (χ3v) is 3.93. The molecule has 0 aliphatic heterocycles. The molecule has 0 spiro atoms. The summed E-state index contributed by atoms with van der Waals surface area (Å²) in [7, 11) is 0. The van der Waals surface area contributed by atoms with E-state index in [4.69, 9.17) is 0 Å². The lowest BCUT2D eigenvalue weighted by atomic mass is 10.00. The van der Waals surface area contributed by atoms with Crippen LogP contribution >= 0.6 is 0 Å². The van der Waals surface area contributed by atoms with Crippen LogP contribution in [0.25, 0.3) is 11.1 Å². The highest BCUT2D eigenvalue weighted by molar-refractivity contribution is 6.02. The maximum absolute atomic E-state index is 14.5. The van der Waals surface area contributed by atoms with Gasteiger partial charge in [0.15, 0.2) is 46.5 Å². The number of allylic oxidation sites excluding steroid dienone is 2. The highest BCUT2D eigenvalue weighted by atomic mass is 19.2. The number of amides is 2. The van der Waals surface area contributed by atoms with Crippen molar-refractivity contribution in [3.8, 4) is 11.1 Å². The Balaban J connectivity index is 2.73. The van der Waals surface area contributed by atoms with E-state index >= 15 is 0 Å². The van der Waals surface area contributed by atoms with E-state index in [0.29, 0.717) is 24.3 Å². The molecule has 2 aromatic rings. The van der Waals surface area contributed by atoms with Gasteiger partial charge in [-0.05, 0) is 12.2 Å². The molecule has 0 atom stereocenters. The first-order chi connectivity index (χ1) is 16.0. The van der Waals surface area contributed by atoms with Crippen molar-refractivity contribution < 1.29 is 54.3 Å². The monoisotopic (exact) mass is 492 g/mol. The largest absolute Gasteiger partial charge is 0.317 e. The molecule has 0 aromatic heterocycles.